The van der Waals surface area contributed by atoms with E-state index in [1.807, 2.05) is 0 Å². The highest BCUT2D eigenvalue weighted by atomic mass is 32.1. The molecule has 44 heavy (non-hydrogen) atoms. The summed E-state index contributed by atoms with van der Waals surface area (Å²) in [6.45, 7) is 0.971. The summed E-state index contributed by atoms with van der Waals surface area (Å²) in [5.41, 5.74) is -2.73. The minimum Gasteiger partial charge on any atom is -0.480 e. The quantitative estimate of drug-likeness (QED) is 0.228. The number of aromatic nitrogens is 3. The molecule has 3 aromatic heterocycles. The maximum Gasteiger partial charge on any atom is 0.387 e. The molecule has 2 fully saturated rings. The average molecular weight is 630 g/mol. The molecule has 0 bridgehead atoms. The van der Waals surface area contributed by atoms with Gasteiger partial charge in [0.2, 0.25) is 5.89 Å². The molecule has 0 spiro atoms. The number of fused-ring (bicyclic) bond motifs is 2. The Hall–Kier alpha value is -3.84. The Kier molecular flexibility index (Phi) is 7.95. The van der Waals surface area contributed by atoms with Crippen LogP contribution in [0.25, 0.3) is 21.0 Å². The van der Waals surface area contributed by atoms with Crippen molar-refractivity contribution in [3.05, 3.63) is 68.7 Å². The summed E-state index contributed by atoms with van der Waals surface area (Å²) in [5, 5.41) is 10.2. The molecule has 2 aliphatic carbocycles. The van der Waals surface area contributed by atoms with Crippen molar-refractivity contribution in [1.29, 1.82) is 0 Å². The van der Waals surface area contributed by atoms with Gasteiger partial charge in [0.05, 0.1) is 29.1 Å². The van der Waals surface area contributed by atoms with Crippen molar-refractivity contribution >= 4 is 27.5 Å². The lowest BCUT2D eigenvalue weighted by atomic mass is 10.0. The molecular weight excluding hydrogens is 596 g/mol. The molecular formula is C31H33F2N3O7S. The molecule has 6 rings (SSSR count). The number of rotatable bonds is 10. The SMILES string of the molecule is Cc1c(-c2ncco2)sc2c1c(=O)n(C(C)(C)C(=O)O)c(=O)n2CC(OC1C[C@H]2CCC[C@H]2C1)c1ccccc1OC(F)F. The number of para-hydroxylation sites is 1. The van der Waals surface area contributed by atoms with Gasteiger partial charge in [0.15, 0.2) is 0 Å². The van der Waals surface area contributed by atoms with Crippen LogP contribution in [0.2, 0.25) is 0 Å². The molecule has 13 heteroatoms. The summed E-state index contributed by atoms with van der Waals surface area (Å²) in [4.78, 5) is 45.4. The van der Waals surface area contributed by atoms with Gasteiger partial charge < -0.3 is 19.0 Å². The first-order chi connectivity index (χ1) is 21.0. The maximum atomic E-state index is 14.2. The molecule has 2 unspecified atom stereocenters. The highest BCUT2D eigenvalue weighted by molar-refractivity contribution is 7.22. The van der Waals surface area contributed by atoms with Gasteiger partial charge in [0.1, 0.15) is 28.5 Å². The van der Waals surface area contributed by atoms with Gasteiger partial charge in [-0.1, -0.05) is 37.5 Å². The van der Waals surface area contributed by atoms with Crippen LogP contribution in [0.1, 0.15) is 63.2 Å². The number of hydrogen-bond acceptors (Lipinski definition) is 8. The highest BCUT2D eigenvalue weighted by Crippen LogP contribution is 2.47. The van der Waals surface area contributed by atoms with Crippen molar-refractivity contribution in [1.82, 2.24) is 14.1 Å². The lowest BCUT2D eigenvalue weighted by Gasteiger charge is -2.27. The Morgan fingerprint density at radius 3 is 2.55 bits per heavy atom. The zero-order valence-electron chi connectivity index (χ0n) is 24.5. The van der Waals surface area contributed by atoms with E-state index >= 15 is 0 Å². The Morgan fingerprint density at radius 1 is 1.20 bits per heavy atom. The van der Waals surface area contributed by atoms with E-state index in [0.717, 1.165) is 41.6 Å². The molecule has 3 heterocycles. The fourth-order valence-electron chi connectivity index (χ4n) is 6.82. The number of aliphatic carboxylic acids is 1. The van der Waals surface area contributed by atoms with Gasteiger partial charge in [-0.15, -0.1) is 11.3 Å². The van der Waals surface area contributed by atoms with Crippen molar-refractivity contribution in [2.75, 3.05) is 0 Å². The van der Waals surface area contributed by atoms with Crippen LogP contribution < -0.4 is 16.0 Å². The van der Waals surface area contributed by atoms with Crippen molar-refractivity contribution < 1.29 is 32.6 Å². The number of oxazole rings is 1. The Bertz CT molecular complexity index is 1800. The van der Waals surface area contributed by atoms with Crippen LogP contribution in [0.3, 0.4) is 0 Å². The van der Waals surface area contributed by atoms with Gasteiger partial charge in [0.25, 0.3) is 5.56 Å². The molecule has 1 N–H and O–H groups in total. The van der Waals surface area contributed by atoms with E-state index in [2.05, 4.69) is 4.98 Å². The van der Waals surface area contributed by atoms with E-state index in [0.29, 0.717) is 27.8 Å². The number of benzene rings is 1. The predicted octanol–water partition coefficient (Wildman–Crippen LogP) is 5.95. The number of ether oxygens (including phenoxy) is 2. The number of carboxylic acids is 1. The number of carboxylic acid groups (broad SMARTS) is 1. The molecule has 4 aromatic rings. The number of aryl methyl sites for hydroxylation is 1. The Morgan fingerprint density at radius 2 is 1.91 bits per heavy atom. The van der Waals surface area contributed by atoms with Crippen molar-refractivity contribution in [3.8, 4) is 16.5 Å². The molecule has 1 aromatic carbocycles. The number of thiophene rings is 1. The normalized spacial score (nSPS) is 20.8. The van der Waals surface area contributed by atoms with E-state index in [4.69, 9.17) is 13.9 Å². The lowest BCUT2D eigenvalue weighted by molar-refractivity contribution is -0.146. The fraction of sp³-hybridized carbons (Fsp3) is 0.484. The van der Waals surface area contributed by atoms with E-state index in [1.54, 1.807) is 25.1 Å². The number of carbonyl (C=O) groups is 1. The molecule has 234 valence electrons. The first kappa shape index (κ1) is 30.2. The topological polar surface area (TPSA) is 126 Å². The molecule has 0 radical (unpaired) electrons. The number of hydrogen-bond donors (Lipinski definition) is 1. The smallest absolute Gasteiger partial charge is 0.387 e. The minimum absolute atomic E-state index is 0.0861. The third kappa shape index (κ3) is 5.25. The van der Waals surface area contributed by atoms with E-state index in [9.17, 15) is 28.3 Å². The second kappa shape index (κ2) is 11.6. The Labute approximate surface area is 254 Å². The molecule has 0 aliphatic heterocycles. The van der Waals surface area contributed by atoms with Gasteiger partial charge in [-0.25, -0.2) is 19.1 Å². The predicted molar refractivity (Wildman–Crippen MR) is 158 cm³/mol. The summed E-state index contributed by atoms with van der Waals surface area (Å²) in [7, 11) is 0. The van der Waals surface area contributed by atoms with Crippen molar-refractivity contribution in [2.24, 2.45) is 11.8 Å². The number of nitrogens with zero attached hydrogens (tertiary/aromatic N) is 3. The minimum atomic E-state index is -3.08. The van der Waals surface area contributed by atoms with Crippen LogP contribution in [-0.2, 0) is 21.6 Å². The maximum absolute atomic E-state index is 14.2. The summed E-state index contributed by atoms with van der Waals surface area (Å²) in [5.74, 6) is -0.151. The lowest BCUT2D eigenvalue weighted by Crippen LogP contribution is -2.52. The fourth-order valence-corrected chi connectivity index (χ4v) is 8.06. The second-order valence-corrected chi connectivity index (χ2v) is 13.1. The van der Waals surface area contributed by atoms with E-state index in [1.165, 1.54) is 43.4 Å². The third-order valence-electron chi connectivity index (χ3n) is 9.06. The van der Waals surface area contributed by atoms with Crippen LogP contribution in [-0.4, -0.2) is 37.9 Å². The molecule has 2 saturated carbocycles. The largest absolute Gasteiger partial charge is 0.480 e. The monoisotopic (exact) mass is 629 g/mol. The zero-order valence-corrected chi connectivity index (χ0v) is 25.3. The summed E-state index contributed by atoms with van der Waals surface area (Å²) in [6.07, 6.45) is 6.80. The molecule has 2 aliphatic rings. The van der Waals surface area contributed by atoms with E-state index < -0.39 is 35.5 Å². The third-order valence-corrected chi connectivity index (χ3v) is 10.4. The number of halogens is 2. The molecule has 4 atom stereocenters. The standard InChI is InChI=1S/C31H33F2N3O7S/c1-16-23-26(37)36(31(2,3)28(38)39)30(40)35(27(23)44-24(16)25-34-11-12-41-25)15-22(20-9-4-5-10-21(20)43-29(32)33)42-19-13-17-7-6-8-18(17)14-19/h4-5,9-12,17-19,22,29H,6-8,13-15H2,1-3H3,(H,38,39)/t17-,18+,19?,22?. The Balaban J connectivity index is 1.54. The average Bonchev–Trinajstić information content (AvgIpc) is 3.75. The molecule has 0 amide bonds. The van der Waals surface area contributed by atoms with Gasteiger partial charge in [-0.05, 0) is 57.1 Å². The van der Waals surface area contributed by atoms with E-state index in [-0.39, 0.29) is 34.5 Å². The van der Waals surface area contributed by atoms with Crippen LogP contribution >= 0.6 is 11.3 Å². The van der Waals surface area contributed by atoms with Crippen molar-refractivity contribution in [2.45, 2.75) is 83.8 Å². The zero-order chi connectivity index (χ0) is 31.3. The molecule has 10 nitrogen and oxygen atoms in total. The summed E-state index contributed by atoms with van der Waals surface area (Å²) >= 11 is 1.11. The summed E-state index contributed by atoms with van der Waals surface area (Å²) in [6, 6.07) is 6.29. The highest BCUT2D eigenvalue weighted by Gasteiger charge is 2.40. The van der Waals surface area contributed by atoms with Crippen molar-refractivity contribution in [3.63, 3.8) is 0 Å². The van der Waals surface area contributed by atoms with Gasteiger partial charge in [0, 0.05) is 5.56 Å². The first-order valence-electron chi connectivity index (χ1n) is 14.6. The van der Waals surface area contributed by atoms with Crippen LogP contribution in [0.4, 0.5) is 8.78 Å². The second-order valence-electron chi connectivity index (χ2n) is 12.1. The van der Waals surface area contributed by atoms with Gasteiger partial charge in [-0.3, -0.25) is 9.36 Å². The van der Waals surface area contributed by atoms with Gasteiger partial charge >= 0.3 is 18.3 Å². The van der Waals surface area contributed by atoms with Gasteiger partial charge in [-0.2, -0.15) is 8.78 Å². The summed E-state index contributed by atoms with van der Waals surface area (Å²) < 4.78 is 46.0. The van der Waals surface area contributed by atoms with Crippen LogP contribution in [0, 0.1) is 18.8 Å². The number of alkyl halides is 2. The van der Waals surface area contributed by atoms with Crippen LogP contribution in [0.5, 0.6) is 5.75 Å². The van der Waals surface area contributed by atoms with Crippen LogP contribution in [0.15, 0.2) is 50.7 Å². The molecule has 0 saturated heterocycles. The first-order valence-corrected chi connectivity index (χ1v) is 15.4.